The molecule has 0 aliphatic heterocycles. The monoisotopic (exact) mass is 415 g/mol. The maximum absolute atomic E-state index is 5.59. The average Bonchev–Trinajstić information content (AvgIpc) is 2.93. The van der Waals surface area contributed by atoms with E-state index >= 15 is 0 Å². The SMILES string of the molecule is CCOc1c(Br)cc(CN[C@H](C)Cn2ccnc2)cc1Br. The van der Waals surface area contributed by atoms with Crippen LogP contribution in [0.1, 0.15) is 19.4 Å². The van der Waals surface area contributed by atoms with Crippen LogP contribution in [-0.2, 0) is 13.1 Å². The highest BCUT2D eigenvalue weighted by Crippen LogP contribution is 2.34. The van der Waals surface area contributed by atoms with Gasteiger partial charge in [0, 0.05) is 31.5 Å². The molecule has 6 heteroatoms. The Labute approximate surface area is 142 Å². The Kier molecular flexibility index (Phi) is 6.26. The molecule has 1 atom stereocenters. The summed E-state index contributed by atoms with van der Waals surface area (Å²) in [6.07, 6.45) is 5.61. The van der Waals surface area contributed by atoms with E-state index in [0.29, 0.717) is 12.6 Å². The molecule has 2 aromatic rings. The highest BCUT2D eigenvalue weighted by Gasteiger charge is 2.09. The molecule has 1 heterocycles. The Morgan fingerprint density at radius 1 is 1.33 bits per heavy atom. The predicted molar refractivity (Wildman–Crippen MR) is 91.5 cm³/mol. The molecule has 2 rings (SSSR count). The number of halogens is 2. The molecule has 0 spiro atoms. The second-order valence-electron chi connectivity index (χ2n) is 4.86. The maximum atomic E-state index is 5.59. The Morgan fingerprint density at radius 2 is 2.05 bits per heavy atom. The number of aromatic nitrogens is 2. The zero-order valence-corrected chi connectivity index (χ0v) is 15.3. The summed E-state index contributed by atoms with van der Waals surface area (Å²) in [6.45, 7) is 6.50. The second-order valence-corrected chi connectivity index (χ2v) is 6.57. The van der Waals surface area contributed by atoms with Crippen LogP contribution in [0.5, 0.6) is 5.75 Å². The van der Waals surface area contributed by atoms with Gasteiger partial charge in [0.15, 0.2) is 0 Å². The number of benzene rings is 1. The minimum Gasteiger partial charge on any atom is -0.492 e. The molecule has 0 aliphatic carbocycles. The minimum atomic E-state index is 0.364. The highest BCUT2D eigenvalue weighted by molar-refractivity contribution is 9.11. The quantitative estimate of drug-likeness (QED) is 0.741. The van der Waals surface area contributed by atoms with E-state index in [1.165, 1.54) is 5.56 Å². The normalized spacial score (nSPS) is 12.4. The van der Waals surface area contributed by atoms with E-state index in [2.05, 4.69) is 65.8 Å². The third-order valence-electron chi connectivity index (χ3n) is 3.05. The molecule has 1 N–H and O–H groups in total. The number of hydrogen-bond donors (Lipinski definition) is 1. The first-order chi connectivity index (χ1) is 10.1. The standard InChI is InChI=1S/C15H19Br2N3O/c1-3-21-15-13(16)6-12(7-14(15)17)8-19-11(2)9-20-5-4-18-10-20/h4-7,10-11,19H,3,8-9H2,1-2H3/t11-/m1/s1. The zero-order chi connectivity index (χ0) is 15.2. The molecule has 0 unspecified atom stereocenters. The van der Waals surface area contributed by atoms with Gasteiger partial charge < -0.3 is 14.6 Å². The van der Waals surface area contributed by atoms with E-state index in [4.69, 9.17) is 4.74 Å². The molecule has 0 radical (unpaired) electrons. The molecule has 1 aromatic heterocycles. The third-order valence-corrected chi connectivity index (χ3v) is 4.22. The smallest absolute Gasteiger partial charge is 0.147 e. The summed E-state index contributed by atoms with van der Waals surface area (Å²) >= 11 is 7.12. The first kappa shape index (κ1) is 16.5. The van der Waals surface area contributed by atoms with E-state index in [1.807, 2.05) is 19.4 Å². The lowest BCUT2D eigenvalue weighted by molar-refractivity contribution is 0.336. The lowest BCUT2D eigenvalue weighted by Gasteiger charge is -2.16. The number of ether oxygens (including phenoxy) is 1. The van der Waals surface area contributed by atoms with Gasteiger partial charge in [-0.15, -0.1) is 0 Å². The molecule has 0 bridgehead atoms. The van der Waals surface area contributed by atoms with Crippen molar-refractivity contribution in [2.75, 3.05) is 6.61 Å². The molecular weight excluding hydrogens is 398 g/mol. The maximum Gasteiger partial charge on any atom is 0.147 e. The van der Waals surface area contributed by atoms with E-state index in [9.17, 15) is 0 Å². The van der Waals surface area contributed by atoms with Crippen molar-refractivity contribution in [2.45, 2.75) is 33.0 Å². The number of imidazole rings is 1. The fourth-order valence-corrected chi connectivity index (χ4v) is 3.57. The molecule has 0 fully saturated rings. The molecule has 21 heavy (non-hydrogen) atoms. The summed E-state index contributed by atoms with van der Waals surface area (Å²) in [4.78, 5) is 4.05. The number of hydrogen-bond acceptors (Lipinski definition) is 3. The van der Waals surface area contributed by atoms with Crippen LogP contribution in [0.3, 0.4) is 0 Å². The molecule has 1 aromatic carbocycles. The van der Waals surface area contributed by atoms with Crippen LogP contribution in [0, 0.1) is 0 Å². The van der Waals surface area contributed by atoms with Crippen molar-refractivity contribution in [3.63, 3.8) is 0 Å². The predicted octanol–water partition coefficient (Wildman–Crippen LogP) is 3.99. The Hall–Kier alpha value is -0.850. The number of rotatable bonds is 7. The van der Waals surface area contributed by atoms with Crippen molar-refractivity contribution < 1.29 is 4.74 Å². The van der Waals surface area contributed by atoms with Gasteiger partial charge in [0.2, 0.25) is 0 Å². The topological polar surface area (TPSA) is 39.1 Å². The van der Waals surface area contributed by atoms with Crippen LogP contribution in [-0.4, -0.2) is 22.2 Å². The van der Waals surface area contributed by atoms with Crippen molar-refractivity contribution in [1.29, 1.82) is 0 Å². The van der Waals surface area contributed by atoms with Gasteiger partial charge in [0.25, 0.3) is 0 Å². The summed E-state index contributed by atoms with van der Waals surface area (Å²) in [7, 11) is 0. The molecule has 4 nitrogen and oxygen atoms in total. The van der Waals surface area contributed by atoms with Crippen LogP contribution >= 0.6 is 31.9 Å². The van der Waals surface area contributed by atoms with E-state index in [-0.39, 0.29) is 0 Å². The fraction of sp³-hybridized carbons (Fsp3) is 0.400. The molecule has 0 saturated carbocycles. The van der Waals surface area contributed by atoms with Gasteiger partial charge in [0.05, 0.1) is 21.9 Å². The third kappa shape index (κ3) is 4.83. The van der Waals surface area contributed by atoms with Crippen molar-refractivity contribution >= 4 is 31.9 Å². The molecule has 0 saturated heterocycles. The van der Waals surface area contributed by atoms with Gasteiger partial charge >= 0.3 is 0 Å². The first-order valence-electron chi connectivity index (χ1n) is 6.90. The van der Waals surface area contributed by atoms with Crippen molar-refractivity contribution in [2.24, 2.45) is 0 Å². The Balaban J connectivity index is 1.94. The van der Waals surface area contributed by atoms with Crippen LogP contribution in [0.4, 0.5) is 0 Å². The number of nitrogens with zero attached hydrogens (tertiary/aromatic N) is 2. The van der Waals surface area contributed by atoms with Crippen LogP contribution in [0.15, 0.2) is 39.8 Å². The molecular formula is C15H19Br2N3O. The van der Waals surface area contributed by atoms with Crippen LogP contribution in [0.25, 0.3) is 0 Å². The van der Waals surface area contributed by atoms with Crippen LogP contribution < -0.4 is 10.1 Å². The summed E-state index contributed by atoms with van der Waals surface area (Å²) in [6, 6.07) is 4.54. The van der Waals surface area contributed by atoms with Gasteiger partial charge in [-0.05, 0) is 63.4 Å². The lowest BCUT2D eigenvalue weighted by atomic mass is 10.2. The van der Waals surface area contributed by atoms with E-state index in [0.717, 1.165) is 27.8 Å². The largest absolute Gasteiger partial charge is 0.492 e. The average molecular weight is 417 g/mol. The molecule has 0 aliphatic rings. The minimum absolute atomic E-state index is 0.364. The number of nitrogens with one attached hydrogen (secondary N) is 1. The highest BCUT2D eigenvalue weighted by atomic mass is 79.9. The van der Waals surface area contributed by atoms with Crippen molar-refractivity contribution in [3.8, 4) is 5.75 Å². The van der Waals surface area contributed by atoms with Gasteiger partial charge in [-0.3, -0.25) is 0 Å². The van der Waals surface area contributed by atoms with Gasteiger partial charge in [-0.25, -0.2) is 4.98 Å². The van der Waals surface area contributed by atoms with Crippen LogP contribution in [0.2, 0.25) is 0 Å². The lowest BCUT2D eigenvalue weighted by Crippen LogP contribution is -2.29. The van der Waals surface area contributed by atoms with Crippen molar-refractivity contribution in [1.82, 2.24) is 14.9 Å². The summed E-state index contributed by atoms with van der Waals surface area (Å²) in [5, 5.41) is 3.51. The fourth-order valence-electron chi connectivity index (χ4n) is 2.06. The molecule has 114 valence electrons. The van der Waals surface area contributed by atoms with Gasteiger partial charge in [-0.2, -0.15) is 0 Å². The van der Waals surface area contributed by atoms with Gasteiger partial charge in [0.1, 0.15) is 5.75 Å². The summed E-state index contributed by atoms with van der Waals surface area (Å²) in [5.74, 6) is 0.854. The summed E-state index contributed by atoms with van der Waals surface area (Å²) < 4.78 is 9.61. The van der Waals surface area contributed by atoms with E-state index < -0.39 is 0 Å². The van der Waals surface area contributed by atoms with Crippen molar-refractivity contribution in [3.05, 3.63) is 45.4 Å². The molecule has 0 amide bonds. The zero-order valence-electron chi connectivity index (χ0n) is 12.1. The Morgan fingerprint density at radius 3 is 2.62 bits per heavy atom. The Bertz CT molecular complexity index is 549. The van der Waals surface area contributed by atoms with E-state index in [1.54, 1.807) is 6.20 Å². The second kappa shape index (κ2) is 7.96. The van der Waals surface area contributed by atoms with Gasteiger partial charge in [-0.1, -0.05) is 0 Å². The summed E-state index contributed by atoms with van der Waals surface area (Å²) in [5.41, 5.74) is 1.20. The first-order valence-corrected chi connectivity index (χ1v) is 8.48.